The molecule has 1 atom stereocenters. The first kappa shape index (κ1) is 24.6. The Morgan fingerprint density at radius 2 is 1.62 bits per heavy atom. The van der Waals surface area contributed by atoms with Gasteiger partial charge in [-0.15, -0.1) is 24.8 Å². The predicted molar refractivity (Wildman–Crippen MR) is 113 cm³/mol. The van der Waals surface area contributed by atoms with Crippen LogP contribution in [0.4, 0.5) is 0 Å². The van der Waals surface area contributed by atoms with Gasteiger partial charge in [-0.1, -0.05) is 0 Å². The van der Waals surface area contributed by atoms with Gasteiger partial charge in [-0.05, 0) is 0 Å². The van der Waals surface area contributed by atoms with Crippen LogP contribution in [0.25, 0.3) is 0 Å². The summed E-state index contributed by atoms with van der Waals surface area (Å²) >= 11 is -1.62. The monoisotopic (exact) mass is 462 g/mol. The quantitative estimate of drug-likeness (QED) is 0.360. The zero-order valence-electron chi connectivity index (χ0n) is 16.2. The molecule has 0 fully saturated rings. The fourth-order valence-corrected chi connectivity index (χ4v) is 23.0. The van der Waals surface area contributed by atoms with Crippen LogP contribution >= 0.6 is 24.8 Å². The first-order valence-electron chi connectivity index (χ1n) is 9.09. The minimum absolute atomic E-state index is 0. The van der Waals surface area contributed by atoms with E-state index < -0.39 is 20.4 Å². The van der Waals surface area contributed by atoms with Crippen molar-refractivity contribution in [2.45, 2.75) is 72.9 Å². The predicted octanol–water partition coefficient (Wildman–Crippen LogP) is 7.36. The summed E-state index contributed by atoms with van der Waals surface area (Å²) in [5, 5.41) is 0. The molecular weight excluding hydrogens is 430 g/mol. The molecule has 0 saturated carbocycles. The van der Waals surface area contributed by atoms with E-state index in [2.05, 4.69) is 59.0 Å². The molecular formula is C20H34Cl2SiZr. The van der Waals surface area contributed by atoms with E-state index in [1.807, 2.05) is 17.7 Å². The van der Waals surface area contributed by atoms with Gasteiger partial charge < -0.3 is 0 Å². The van der Waals surface area contributed by atoms with Crippen molar-refractivity contribution in [2.75, 3.05) is 0 Å². The van der Waals surface area contributed by atoms with Crippen LogP contribution in [0.3, 0.4) is 0 Å². The first-order chi connectivity index (χ1) is 10.6. The van der Waals surface area contributed by atoms with Crippen LogP contribution in [0.15, 0.2) is 41.5 Å². The second-order valence-electron chi connectivity index (χ2n) is 6.62. The van der Waals surface area contributed by atoms with Crippen LogP contribution in [0.5, 0.6) is 0 Å². The molecule has 0 nitrogen and oxygen atoms in total. The Morgan fingerprint density at radius 1 is 1.00 bits per heavy atom. The van der Waals surface area contributed by atoms with Crippen LogP contribution in [0.2, 0.25) is 13.1 Å². The summed E-state index contributed by atoms with van der Waals surface area (Å²) in [5.74, 6) is 0.811. The molecule has 0 N–H and O–H groups in total. The van der Waals surface area contributed by atoms with E-state index in [0.717, 1.165) is 5.92 Å². The largest absolute Gasteiger partial charge is 0.147 e. The molecule has 0 saturated heterocycles. The van der Waals surface area contributed by atoms with Gasteiger partial charge in [0.15, 0.2) is 0 Å². The Labute approximate surface area is 170 Å². The topological polar surface area (TPSA) is 0 Å². The summed E-state index contributed by atoms with van der Waals surface area (Å²) in [5.41, 5.74) is 5.21. The third-order valence-electron chi connectivity index (χ3n) is 5.20. The Balaban J connectivity index is 0.00000264. The molecule has 4 heteroatoms. The van der Waals surface area contributed by atoms with Crippen LogP contribution in [0, 0.1) is 5.92 Å². The average molecular weight is 465 g/mol. The molecule has 0 radical (unpaired) electrons. The average Bonchev–Trinajstić information content (AvgIpc) is 3.12. The van der Waals surface area contributed by atoms with Crippen molar-refractivity contribution < 1.29 is 20.4 Å². The van der Waals surface area contributed by atoms with Crippen LogP contribution in [0.1, 0.15) is 59.8 Å². The van der Waals surface area contributed by atoms with E-state index in [-0.39, 0.29) is 30.2 Å². The molecule has 1 unspecified atom stereocenters. The molecule has 24 heavy (non-hydrogen) atoms. The molecule has 0 amide bonds. The van der Waals surface area contributed by atoms with Gasteiger partial charge in [0, 0.05) is 0 Å². The number of halogens is 2. The van der Waals surface area contributed by atoms with Crippen LogP contribution in [-0.4, -0.2) is 5.43 Å². The zero-order valence-corrected chi connectivity index (χ0v) is 21.3. The Kier molecular flexibility index (Phi) is 11.7. The summed E-state index contributed by atoms with van der Waals surface area (Å²) in [7, 11) is 0. The maximum absolute atomic E-state index is 2.60. The van der Waals surface area contributed by atoms with Crippen molar-refractivity contribution in [3.63, 3.8) is 0 Å². The minimum Gasteiger partial charge on any atom is -0.147 e. The molecule has 2 aliphatic rings. The maximum atomic E-state index is 2.60. The molecule has 2 rings (SSSR count). The van der Waals surface area contributed by atoms with Gasteiger partial charge in [0.1, 0.15) is 0 Å². The zero-order chi connectivity index (χ0) is 16.3. The van der Waals surface area contributed by atoms with Gasteiger partial charge in [0.25, 0.3) is 0 Å². The Bertz CT molecular complexity index is 605. The SMILES string of the molecule is CCC1=C(CC)C(CC)[C]([Zr]([C]2=CC=CC2)=[Si](C)C)=C1CC.Cl.Cl. The van der Waals surface area contributed by atoms with Crippen molar-refractivity contribution in [1.29, 1.82) is 0 Å². The van der Waals surface area contributed by atoms with Gasteiger partial charge in [0.05, 0.1) is 0 Å². The van der Waals surface area contributed by atoms with Gasteiger partial charge in [-0.3, -0.25) is 0 Å². The van der Waals surface area contributed by atoms with Gasteiger partial charge in [-0.2, -0.15) is 0 Å². The number of hydrogen-bond acceptors (Lipinski definition) is 0. The molecule has 2 aliphatic carbocycles. The summed E-state index contributed by atoms with van der Waals surface area (Å²) in [4.78, 5) is 0. The molecule has 0 bridgehead atoms. The van der Waals surface area contributed by atoms with Gasteiger partial charge in [-0.25, -0.2) is 0 Å². The third-order valence-corrected chi connectivity index (χ3v) is 22.5. The van der Waals surface area contributed by atoms with E-state index in [4.69, 9.17) is 0 Å². The molecule has 136 valence electrons. The number of hydrogen-bond donors (Lipinski definition) is 0. The molecule has 0 spiro atoms. The second-order valence-corrected chi connectivity index (χ2v) is 23.7. The summed E-state index contributed by atoms with van der Waals surface area (Å²) in [6, 6.07) is 0. The molecule has 0 aliphatic heterocycles. The van der Waals surface area contributed by atoms with E-state index in [1.54, 1.807) is 5.57 Å². The second kappa shape index (κ2) is 11.4. The summed E-state index contributed by atoms with van der Waals surface area (Å²) in [6.07, 6.45) is 13.6. The smallest absolute Gasteiger partial charge is 0.147 e. The Hall–Kier alpha value is 0.640. The number of allylic oxidation sites excluding steroid dienone is 8. The molecule has 0 heterocycles. The van der Waals surface area contributed by atoms with E-state index >= 15 is 0 Å². The van der Waals surface area contributed by atoms with E-state index in [0.29, 0.717) is 0 Å². The summed E-state index contributed by atoms with van der Waals surface area (Å²) < 4.78 is 3.91. The fraction of sp³-hybridized carbons (Fsp3) is 0.600. The fourth-order valence-electron chi connectivity index (χ4n) is 4.43. The van der Waals surface area contributed by atoms with Crippen LogP contribution < -0.4 is 0 Å². The van der Waals surface area contributed by atoms with Crippen molar-refractivity contribution in [1.82, 2.24) is 0 Å². The van der Waals surface area contributed by atoms with Crippen molar-refractivity contribution in [2.24, 2.45) is 5.92 Å². The van der Waals surface area contributed by atoms with Crippen molar-refractivity contribution in [3.05, 3.63) is 41.5 Å². The van der Waals surface area contributed by atoms with E-state index in [1.165, 1.54) is 32.1 Å². The third kappa shape index (κ3) is 4.67. The van der Waals surface area contributed by atoms with Crippen LogP contribution in [-0.2, 0) is 20.4 Å². The number of rotatable bonds is 6. The standard InChI is InChI=1S/C13H21.C5H5.C2H6Si.2ClH.Zr/c1-5-10-9-11(6-2)13(8-4)12(10)7-3;1-2-4-5-3-1;1-3-2;;;/h10H,5-8H2,1-4H3;1-3H,4H2;1-2H3;2*1H;. The van der Waals surface area contributed by atoms with Crippen molar-refractivity contribution >= 4 is 30.2 Å². The minimum atomic E-state index is -1.62. The Morgan fingerprint density at radius 3 is 2.00 bits per heavy atom. The normalized spacial score (nSPS) is 19.2. The molecule has 0 aromatic carbocycles. The van der Waals surface area contributed by atoms with Gasteiger partial charge in [0.2, 0.25) is 0 Å². The van der Waals surface area contributed by atoms with Gasteiger partial charge >= 0.3 is 146 Å². The molecule has 0 aromatic heterocycles. The summed E-state index contributed by atoms with van der Waals surface area (Å²) in [6.45, 7) is 14.8. The molecule has 0 aromatic rings. The first-order valence-corrected chi connectivity index (χ1v) is 17.7. The van der Waals surface area contributed by atoms with E-state index in [9.17, 15) is 0 Å². The maximum Gasteiger partial charge on any atom is -0.147 e. The van der Waals surface area contributed by atoms with Crippen molar-refractivity contribution in [3.8, 4) is 0 Å².